The molecule has 1 aromatic carbocycles. The second-order valence-corrected chi connectivity index (χ2v) is 8.91. The zero-order valence-electron chi connectivity index (χ0n) is 14.0. The molecule has 0 atom stereocenters. The third-order valence-corrected chi connectivity index (χ3v) is 6.86. The molecule has 1 heterocycles. The van der Waals surface area contributed by atoms with E-state index in [9.17, 15) is 13.2 Å². The predicted molar refractivity (Wildman–Crippen MR) is 94.0 cm³/mol. The summed E-state index contributed by atoms with van der Waals surface area (Å²) in [6, 6.07) is 8.19. The van der Waals surface area contributed by atoms with Crippen molar-refractivity contribution in [3.05, 3.63) is 35.4 Å². The Balaban J connectivity index is 1.52. The van der Waals surface area contributed by atoms with E-state index in [0.29, 0.717) is 13.1 Å². The van der Waals surface area contributed by atoms with Gasteiger partial charge in [-0.3, -0.25) is 4.79 Å². The summed E-state index contributed by atoms with van der Waals surface area (Å²) >= 11 is 0. The second-order valence-electron chi connectivity index (χ2n) is 6.82. The Kier molecular flexibility index (Phi) is 5.56. The molecule has 6 heteroatoms. The number of amides is 1. The molecule has 0 spiro atoms. The summed E-state index contributed by atoms with van der Waals surface area (Å²) in [7, 11) is -3.39. The molecule has 132 valence electrons. The van der Waals surface area contributed by atoms with Crippen molar-refractivity contribution in [3.8, 4) is 0 Å². The van der Waals surface area contributed by atoms with Gasteiger partial charge in [-0.05, 0) is 30.4 Å². The van der Waals surface area contributed by atoms with Gasteiger partial charge in [0.15, 0.2) is 0 Å². The van der Waals surface area contributed by atoms with Gasteiger partial charge in [0.2, 0.25) is 15.9 Å². The van der Waals surface area contributed by atoms with Crippen LogP contribution in [0.15, 0.2) is 24.3 Å². The lowest BCUT2D eigenvalue weighted by Crippen LogP contribution is -2.40. The lowest BCUT2D eigenvalue weighted by molar-refractivity contribution is -0.121. The maximum atomic E-state index is 12.5. The first-order valence-electron chi connectivity index (χ1n) is 8.88. The van der Waals surface area contributed by atoms with Gasteiger partial charge in [-0.15, -0.1) is 0 Å². The molecule has 5 nitrogen and oxygen atoms in total. The molecular weight excluding hydrogens is 324 g/mol. The van der Waals surface area contributed by atoms with Crippen LogP contribution in [0.5, 0.6) is 0 Å². The number of nitrogens with one attached hydrogen (secondary N) is 1. The molecule has 1 aliphatic carbocycles. The number of carbonyl (C=O) groups is 1. The summed E-state index contributed by atoms with van der Waals surface area (Å²) in [6.07, 6.45) is 6.35. The van der Waals surface area contributed by atoms with Crippen LogP contribution in [0.25, 0.3) is 0 Å². The van der Waals surface area contributed by atoms with Gasteiger partial charge in [-0.25, -0.2) is 8.42 Å². The standard InChI is InChI=1S/C18H26N2O3S/c21-18(19-17-8-2-1-3-9-17)11-13-24(22,23)20-12-10-15-6-4-5-7-16(15)14-20/h4-7,17H,1-3,8-14H2,(H,19,21). The first-order valence-corrected chi connectivity index (χ1v) is 10.5. The number of sulfonamides is 1. The van der Waals surface area contributed by atoms with E-state index in [1.54, 1.807) is 0 Å². The number of carbonyl (C=O) groups excluding carboxylic acids is 1. The van der Waals surface area contributed by atoms with Crippen molar-refractivity contribution < 1.29 is 13.2 Å². The third kappa shape index (κ3) is 4.36. The molecule has 1 fully saturated rings. The van der Waals surface area contributed by atoms with Gasteiger partial charge in [0.1, 0.15) is 0 Å². The first-order chi connectivity index (χ1) is 11.5. The number of fused-ring (bicyclic) bond motifs is 1. The Hall–Kier alpha value is -1.40. The molecule has 1 N–H and O–H groups in total. The van der Waals surface area contributed by atoms with Crippen LogP contribution in [0.3, 0.4) is 0 Å². The Morgan fingerprint density at radius 3 is 2.58 bits per heavy atom. The number of hydrogen-bond acceptors (Lipinski definition) is 3. The van der Waals surface area contributed by atoms with Gasteiger partial charge in [-0.1, -0.05) is 43.5 Å². The fraction of sp³-hybridized carbons (Fsp3) is 0.611. The van der Waals surface area contributed by atoms with E-state index in [4.69, 9.17) is 0 Å². The highest BCUT2D eigenvalue weighted by Crippen LogP contribution is 2.21. The minimum Gasteiger partial charge on any atom is -0.353 e. The van der Waals surface area contributed by atoms with Crippen molar-refractivity contribution in [3.63, 3.8) is 0 Å². The summed E-state index contributed by atoms with van der Waals surface area (Å²) in [5, 5.41) is 2.99. The molecule has 1 amide bonds. The topological polar surface area (TPSA) is 66.5 Å². The highest BCUT2D eigenvalue weighted by Gasteiger charge is 2.27. The van der Waals surface area contributed by atoms with Gasteiger partial charge in [0.25, 0.3) is 0 Å². The molecule has 0 radical (unpaired) electrons. The van der Waals surface area contributed by atoms with Crippen molar-refractivity contribution in [1.82, 2.24) is 9.62 Å². The van der Waals surface area contributed by atoms with Crippen molar-refractivity contribution in [2.75, 3.05) is 12.3 Å². The molecule has 0 aromatic heterocycles. The van der Waals surface area contributed by atoms with Crippen LogP contribution in [0, 0.1) is 0 Å². The van der Waals surface area contributed by atoms with Crippen LogP contribution in [0.4, 0.5) is 0 Å². The first kappa shape index (κ1) is 17.4. The minimum atomic E-state index is -3.39. The van der Waals surface area contributed by atoms with E-state index < -0.39 is 10.0 Å². The number of rotatable bonds is 5. The smallest absolute Gasteiger partial charge is 0.221 e. The summed E-state index contributed by atoms with van der Waals surface area (Å²) in [5.41, 5.74) is 2.29. The minimum absolute atomic E-state index is 0.0526. The maximum Gasteiger partial charge on any atom is 0.221 e. The summed E-state index contributed by atoms with van der Waals surface area (Å²) < 4.78 is 26.6. The third-order valence-electron chi connectivity index (χ3n) is 5.05. The van der Waals surface area contributed by atoms with Gasteiger partial charge in [-0.2, -0.15) is 4.31 Å². The van der Waals surface area contributed by atoms with E-state index in [0.717, 1.165) is 37.7 Å². The molecule has 24 heavy (non-hydrogen) atoms. The normalized spacial score (nSPS) is 19.7. The zero-order chi connectivity index (χ0) is 17.0. The maximum absolute atomic E-state index is 12.5. The van der Waals surface area contributed by atoms with Gasteiger partial charge in [0.05, 0.1) is 5.75 Å². The summed E-state index contributed by atoms with van der Waals surface area (Å²) in [6.45, 7) is 0.923. The zero-order valence-corrected chi connectivity index (χ0v) is 14.9. The van der Waals surface area contributed by atoms with E-state index in [2.05, 4.69) is 11.4 Å². The molecule has 2 aliphatic rings. The number of benzene rings is 1. The molecule has 0 bridgehead atoms. The van der Waals surface area contributed by atoms with Gasteiger partial charge in [0, 0.05) is 25.6 Å². The van der Waals surface area contributed by atoms with Crippen LogP contribution in [-0.2, 0) is 27.8 Å². The Morgan fingerprint density at radius 2 is 1.83 bits per heavy atom. The van der Waals surface area contributed by atoms with Crippen molar-refractivity contribution in [1.29, 1.82) is 0 Å². The molecule has 1 aromatic rings. The van der Waals surface area contributed by atoms with E-state index in [1.165, 1.54) is 16.3 Å². The lowest BCUT2D eigenvalue weighted by Gasteiger charge is -2.28. The monoisotopic (exact) mass is 350 g/mol. The van der Waals surface area contributed by atoms with Crippen LogP contribution >= 0.6 is 0 Å². The van der Waals surface area contributed by atoms with E-state index >= 15 is 0 Å². The fourth-order valence-electron chi connectivity index (χ4n) is 3.60. The lowest BCUT2D eigenvalue weighted by atomic mass is 9.95. The van der Waals surface area contributed by atoms with Crippen LogP contribution < -0.4 is 5.32 Å². The second kappa shape index (κ2) is 7.66. The number of hydrogen-bond donors (Lipinski definition) is 1. The summed E-state index contributed by atoms with van der Waals surface area (Å²) in [4.78, 5) is 12.0. The Morgan fingerprint density at radius 1 is 1.12 bits per heavy atom. The Labute approximate surface area is 144 Å². The van der Waals surface area contributed by atoms with Crippen molar-refractivity contribution in [2.24, 2.45) is 0 Å². The fourth-order valence-corrected chi connectivity index (χ4v) is 5.01. The molecule has 0 saturated heterocycles. The quantitative estimate of drug-likeness (QED) is 0.885. The molecular formula is C18H26N2O3S. The van der Waals surface area contributed by atoms with Gasteiger partial charge < -0.3 is 5.32 Å². The van der Waals surface area contributed by atoms with Crippen molar-refractivity contribution >= 4 is 15.9 Å². The van der Waals surface area contributed by atoms with Crippen LogP contribution in [-0.4, -0.2) is 37.0 Å². The van der Waals surface area contributed by atoms with Crippen molar-refractivity contribution in [2.45, 2.75) is 57.5 Å². The predicted octanol–water partition coefficient (Wildman–Crippen LogP) is 2.21. The highest BCUT2D eigenvalue weighted by atomic mass is 32.2. The van der Waals surface area contributed by atoms with E-state index in [-0.39, 0.29) is 24.1 Å². The average molecular weight is 350 g/mol. The van der Waals surface area contributed by atoms with Crippen LogP contribution in [0.2, 0.25) is 0 Å². The average Bonchev–Trinajstić information content (AvgIpc) is 2.60. The Bertz CT molecular complexity index is 681. The number of nitrogens with zero attached hydrogens (tertiary/aromatic N) is 1. The summed E-state index contributed by atoms with van der Waals surface area (Å²) in [5.74, 6) is -0.240. The largest absolute Gasteiger partial charge is 0.353 e. The molecule has 1 aliphatic heterocycles. The SMILES string of the molecule is O=C(CCS(=O)(=O)N1CCc2ccccc2C1)NC1CCCCC1. The van der Waals surface area contributed by atoms with E-state index in [1.807, 2.05) is 18.2 Å². The van der Waals surface area contributed by atoms with Gasteiger partial charge >= 0.3 is 0 Å². The molecule has 0 unspecified atom stereocenters. The highest BCUT2D eigenvalue weighted by molar-refractivity contribution is 7.89. The van der Waals surface area contributed by atoms with Crippen LogP contribution in [0.1, 0.15) is 49.7 Å². The molecule has 3 rings (SSSR count). The molecule has 1 saturated carbocycles.